The van der Waals surface area contributed by atoms with Gasteiger partial charge in [0, 0.05) is 15.8 Å². The molecule has 0 aliphatic heterocycles. The van der Waals surface area contributed by atoms with Crippen LogP contribution in [0.5, 0.6) is 0 Å². The molecule has 0 atom stereocenters. The highest BCUT2D eigenvalue weighted by Crippen LogP contribution is 2.25. The van der Waals surface area contributed by atoms with Crippen LogP contribution >= 0.6 is 45.7 Å². The van der Waals surface area contributed by atoms with Crippen LogP contribution in [0.2, 0.25) is 0 Å². The number of nitrogens with zero attached hydrogens (tertiary/aromatic N) is 2. The van der Waals surface area contributed by atoms with Crippen LogP contribution in [0, 0.1) is 3.57 Å². The van der Waals surface area contributed by atoms with Gasteiger partial charge in [-0.2, -0.15) is 0 Å². The van der Waals surface area contributed by atoms with E-state index in [-0.39, 0.29) is 5.91 Å². The second kappa shape index (κ2) is 8.35. The van der Waals surface area contributed by atoms with Gasteiger partial charge in [0.25, 0.3) is 0 Å². The van der Waals surface area contributed by atoms with Crippen molar-refractivity contribution in [3.8, 4) is 0 Å². The van der Waals surface area contributed by atoms with Gasteiger partial charge >= 0.3 is 0 Å². The smallest absolute Gasteiger partial charge is 0.234 e. The van der Waals surface area contributed by atoms with Crippen LogP contribution in [0.3, 0.4) is 0 Å². The van der Waals surface area contributed by atoms with Crippen molar-refractivity contribution in [3.05, 3.63) is 40.5 Å². The van der Waals surface area contributed by atoms with Gasteiger partial charge in [0.05, 0.1) is 5.75 Å². The highest BCUT2D eigenvalue weighted by Gasteiger charge is 2.08. The summed E-state index contributed by atoms with van der Waals surface area (Å²) in [4.78, 5) is 11.9. The normalized spacial score (nSPS) is 10.1. The number of thioether (sulfide) groups is 1. The second-order valence-electron chi connectivity index (χ2n) is 3.89. The summed E-state index contributed by atoms with van der Waals surface area (Å²) in [5.74, 6) is 0.250. The van der Waals surface area contributed by atoms with Crippen molar-refractivity contribution < 1.29 is 4.79 Å². The van der Waals surface area contributed by atoms with Crippen LogP contribution in [0.4, 0.5) is 10.8 Å². The summed E-state index contributed by atoms with van der Waals surface area (Å²) in [5.41, 5.74) is 0.804. The van der Waals surface area contributed by atoms with Gasteiger partial charge in [-0.1, -0.05) is 35.2 Å². The third-order valence-corrected chi connectivity index (χ3v) is 4.92. The Labute approximate surface area is 144 Å². The molecule has 2 aromatic rings. The van der Waals surface area contributed by atoms with Crippen molar-refractivity contribution in [1.29, 1.82) is 0 Å². The predicted molar refractivity (Wildman–Crippen MR) is 97.1 cm³/mol. The van der Waals surface area contributed by atoms with Gasteiger partial charge in [-0.15, -0.1) is 16.8 Å². The number of rotatable bonds is 7. The molecule has 1 heterocycles. The first-order chi connectivity index (χ1) is 10.2. The molecule has 5 nitrogen and oxygen atoms in total. The maximum atomic E-state index is 11.9. The number of carbonyl (C=O) groups excluding carboxylic acids is 1. The molecule has 0 fully saturated rings. The molecule has 8 heteroatoms. The number of nitrogens with one attached hydrogen (secondary N) is 2. The number of aromatic nitrogens is 2. The quantitative estimate of drug-likeness (QED) is 0.399. The number of anilines is 2. The third kappa shape index (κ3) is 5.64. The van der Waals surface area contributed by atoms with Crippen molar-refractivity contribution in [2.45, 2.75) is 4.34 Å². The van der Waals surface area contributed by atoms with Gasteiger partial charge in [-0.3, -0.25) is 4.79 Å². The van der Waals surface area contributed by atoms with Crippen LogP contribution in [-0.4, -0.2) is 28.4 Å². The van der Waals surface area contributed by atoms with E-state index < -0.39 is 0 Å². The second-order valence-corrected chi connectivity index (χ2v) is 7.34. The Hall–Kier alpha value is -1.13. The van der Waals surface area contributed by atoms with Crippen LogP contribution < -0.4 is 10.6 Å². The van der Waals surface area contributed by atoms with Crippen molar-refractivity contribution in [2.24, 2.45) is 0 Å². The van der Waals surface area contributed by atoms with Crippen LogP contribution in [0.25, 0.3) is 0 Å². The Balaban J connectivity index is 1.81. The molecule has 0 aliphatic carbocycles. The van der Waals surface area contributed by atoms with Gasteiger partial charge < -0.3 is 10.6 Å². The summed E-state index contributed by atoms with van der Waals surface area (Å²) in [7, 11) is 0. The molecule has 2 rings (SSSR count). The fourth-order valence-electron chi connectivity index (χ4n) is 1.39. The summed E-state index contributed by atoms with van der Waals surface area (Å²) < 4.78 is 1.85. The number of halogens is 1. The molecule has 1 amide bonds. The number of hydrogen-bond donors (Lipinski definition) is 2. The standard InChI is InChI=1S/C13H13IN4OS2/c1-2-6-15-12-17-18-13(21-12)20-8-11(19)16-10-5-3-4-9(14)7-10/h2-5,7H,1,6,8H2,(H,15,17)(H,16,19). The van der Waals surface area contributed by atoms with E-state index in [0.717, 1.165) is 18.7 Å². The average Bonchev–Trinajstić information content (AvgIpc) is 2.91. The fourth-order valence-corrected chi connectivity index (χ4v) is 3.49. The SMILES string of the molecule is C=CCNc1nnc(SCC(=O)Nc2cccc(I)c2)s1. The topological polar surface area (TPSA) is 66.9 Å². The zero-order chi connectivity index (χ0) is 15.1. The lowest BCUT2D eigenvalue weighted by Crippen LogP contribution is -2.13. The van der Waals surface area contributed by atoms with Gasteiger partial charge in [-0.25, -0.2) is 0 Å². The lowest BCUT2D eigenvalue weighted by atomic mass is 10.3. The average molecular weight is 432 g/mol. The summed E-state index contributed by atoms with van der Waals surface area (Å²) in [6.45, 7) is 4.27. The van der Waals surface area contributed by atoms with Crippen LogP contribution in [0.15, 0.2) is 41.3 Å². The maximum absolute atomic E-state index is 11.9. The number of amides is 1. The summed E-state index contributed by atoms with van der Waals surface area (Å²) in [5, 5.41) is 14.6. The molecule has 110 valence electrons. The predicted octanol–water partition coefficient (Wildman–Crippen LogP) is 3.47. The Morgan fingerprint density at radius 2 is 2.33 bits per heavy atom. The zero-order valence-electron chi connectivity index (χ0n) is 11.0. The highest BCUT2D eigenvalue weighted by atomic mass is 127. The summed E-state index contributed by atoms with van der Waals surface area (Å²) in [6.07, 6.45) is 1.75. The van der Waals surface area contributed by atoms with E-state index in [1.165, 1.54) is 23.1 Å². The van der Waals surface area contributed by atoms with Crippen LogP contribution in [0.1, 0.15) is 0 Å². The summed E-state index contributed by atoms with van der Waals surface area (Å²) >= 11 is 5.01. The molecule has 0 bridgehead atoms. The minimum Gasteiger partial charge on any atom is -0.357 e. The molecular weight excluding hydrogens is 419 g/mol. The van der Waals surface area contributed by atoms with Crippen LogP contribution in [-0.2, 0) is 4.79 Å². The molecule has 0 unspecified atom stereocenters. The molecule has 21 heavy (non-hydrogen) atoms. The Bertz CT molecular complexity index is 632. The molecule has 0 aliphatic rings. The largest absolute Gasteiger partial charge is 0.357 e. The Morgan fingerprint density at radius 1 is 1.48 bits per heavy atom. The lowest BCUT2D eigenvalue weighted by Gasteiger charge is -2.04. The Morgan fingerprint density at radius 3 is 3.10 bits per heavy atom. The minimum atomic E-state index is -0.0576. The number of benzene rings is 1. The molecule has 1 aromatic carbocycles. The van der Waals surface area contributed by atoms with E-state index in [1.807, 2.05) is 24.3 Å². The van der Waals surface area contributed by atoms with Gasteiger partial charge in [0.15, 0.2) is 4.34 Å². The van der Waals surface area contributed by atoms with E-state index in [2.05, 4.69) is 50.0 Å². The maximum Gasteiger partial charge on any atom is 0.234 e. The fraction of sp³-hybridized carbons (Fsp3) is 0.154. The van der Waals surface area contributed by atoms with E-state index in [0.29, 0.717) is 12.3 Å². The molecular formula is C13H13IN4OS2. The van der Waals surface area contributed by atoms with Gasteiger partial charge in [-0.05, 0) is 40.8 Å². The first-order valence-corrected chi connectivity index (χ1v) is 8.92. The van der Waals surface area contributed by atoms with Crippen molar-refractivity contribution in [2.75, 3.05) is 22.9 Å². The van der Waals surface area contributed by atoms with Crippen molar-refractivity contribution >= 4 is 62.4 Å². The van der Waals surface area contributed by atoms with Gasteiger partial charge in [0.2, 0.25) is 11.0 Å². The monoisotopic (exact) mass is 432 g/mol. The van der Waals surface area contributed by atoms with Crippen molar-refractivity contribution in [1.82, 2.24) is 10.2 Å². The molecule has 1 aromatic heterocycles. The summed E-state index contributed by atoms with van der Waals surface area (Å²) in [6, 6.07) is 7.68. The van der Waals surface area contributed by atoms with Gasteiger partial charge in [0.1, 0.15) is 0 Å². The Kier molecular flexibility index (Phi) is 6.46. The molecule has 0 saturated carbocycles. The van der Waals surface area contributed by atoms with E-state index >= 15 is 0 Å². The lowest BCUT2D eigenvalue weighted by molar-refractivity contribution is -0.113. The van der Waals surface area contributed by atoms with Crippen molar-refractivity contribution in [3.63, 3.8) is 0 Å². The molecule has 0 radical (unpaired) electrons. The molecule has 0 saturated heterocycles. The zero-order valence-corrected chi connectivity index (χ0v) is 14.8. The molecule has 2 N–H and O–H groups in total. The highest BCUT2D eigenvalue weighted by molar-refractivity contribution is 14.1. The number of hydrogen-bond acceptors (Lipinski definition) is 6. The van der Waals surface area contributed by atoms with E-state index in [1.54, 1.807) is 6.08 Å². The first kappa shape index (κ1) is 16.2. The molecule has 0 spiro atoms. The minimum absolute atomic E-state index is 0.0576. The first-order valence-electron chi connectivity index (χ1n) is 6.04. The van der Waals surface area contributed by atoms with E-state index in [9.17, 15) is 4.79 Å². The third-order valence-electron chi connectivity index (χ3n) is 2.24. The number of carbonyl (C=O) groups is 1. The van der Waals surface area contributed by atoms with E-state index in [4.69, 9.17) is 0 Å².